The van der Waals surface area contributed by atoms with Crippen molar-refractivity contribution in [1.29, 1.82) is 0 Å². The highest BCUT2D eigenvalue weighted by Crippen LogP contribution is 2.35. The van der Waals surface area contributed by atoms with Crippen LogP contribution in [0.5, 0.6) is 17.2 Å². The maximum absolute atomic E-state index is 13.6. The minimum atomic E-state index is -3.69. The first-order valence-corrected chi connectivity index (χ1v) is 33.4. The molecule has 0 aliphatic rings. The Kier molecular flexibility index (Phi) is 23.0. The van der Waals surface area contributed by atoms with Gasteiger partial charge >= 0.3 is 0 Å². The van der Waals surface area contributed by atoms with E-state index in [1.807, 2.05) is 76.2 Å². The molecule has 0 atom stereocenters. The normalized spacial score (nSPS) is 11.6. The molecule has 8 aromatic rings. The lowest BCUT2D eigenvalue weighted by Gasteiger charge is -2.21. The van der Waals surface area contributed by atoms with Crippen LogP contribution in [0.1, 0.15) is 106 Å². The van der Waals surface area contributed by atoms with Gasteiger partial charge in [-0.1, -0.05) is 88.4 Å². The SMILES string of the molecule is CCCN(CCC)S(=O)(=O)c1ccc(C(=O)Nc2cc3ccccc3cc2C(=O)NCc2c(OC)cc(OC)cc2OC)cc1.CCCN(CCC)S(=O)(=O)c1ccc(C(=O)Nc2cc3ccccc3cc2C(=O)NCc2ccc(S(C)(=O)=O)cc2)cc1. The average molecular weight is 1260 g/mol. The zero-order valence-corrected chi connectivity index (χ0v) is 53.0. The van der Waals surface area contributed by atoms with Crippen LogP contribution in [-0.2, 0) is 43.0 Å². The molecule has 8 rings (SSSR count). The fourth-order valence-corrected chi connectivity index (χ4v) is 13.5. The number of nitrogens with zero attached hydrogens (tertiary/aromatic N) is 2. The summed E-state index contributed by atoms with van der Waals surface area (Å²) in [5.74, 6) is -0.327. The summed E-state index contributed by atoms with van der Waals surface area (Å²) in [7, 11) is -6.14. The van der Waals surface area contributed by atoms with E-state index >= 15 is 0 Å². The summed E-state index contributed by atoms with van der Waals surface area (Å²) in [4.78, 5) is 54.0. The third-order valence-corrected chi connectivity index (χ3v) is 19.2. The number of methoxy groups -OCH3 is 3. The molecule has 0 bridgehead atoms. The molecule has 88 heavy (non-hydrogen) atoms. The van der Waals surface area contributed by atoms with Gasteiger partial charge in [-0.25, -0.2) is 25.3 Å². The van der Waals surface area contributed by atoms with Gasteiger partial charge in [0.2, 0.25) is 20.0 Å². The van der Waals surface area contributed by atoms with Crippen LogP contribution < -0.4 is 35.5 Å². The summed E-state index contributed by atoms with van der Waals surface area (Å²) in [6.07, 6.45) is 3.91. The third kappa shape index (κ3) is 16.5. The van der Waals surface area contributed by atoms with Gasteiger partial charge in [0, 0.05) is 62.2 Å². The van der Waals surface area contributed by atoms with Gasteiger partial charge in [-0.15, -0.1) is 0 Å². The number of sulfone groups is 1. The predicted octanol–water partition coefficient (Wildman–Crippen LogP) is 11.1. The number of anilines is 2. The lowest BCUT2D eigenvalue weighted by Crippen LogP contribution is -2.32. The second-order valence-corrected chi connectivity index (χ2v) is 26.4. The molecule has 0 unspecified atom stereocenters. The minimum Gasteiger partial charge on any atom is -0.496 e. The van der Waals surface area contributed by atoms with E-state index in [9.17, 15) is 44.4 Å². The number of nitrogens with one attached hydrogen (secondary N) is 4. The van der Waals surface area contributed by atoms with Crippen molar-refractivity contribution in [1.82, 2.24) is 19.2 Å². The fraction of sp³-hybridized carbons (Fsp3) is 0.273. The van der Waals surface area contributed by atoms with Gasteiger partial charge in [0.05, 0.1) is 70.6 Å². The highest BCUT2D eigenvalue weighted by Gasteiger charge is 2.26. The maximum atomic E-state index is 13.6. The van der Waals surface area contributed by atoms with Gasteiger partial charge in [0.25, 0.3) is 23.6 Å². The molecule has 0 aromatic heterocycles. The Hall–Kier alpha value is -8.67. The number of carbonyl (C=O) groups is 4. The van der Waals surface area contributed by atoms with Crippen LogP contribution in [0.25, 0.3) is 21.5 Å². The maximum Gasteiger partial charge on any atom is 0.255 e. The van der Waals surface area contributed by atoms with Crippen molar-refractivity contribution in [2.75, 3.05) is 64.4 Å². The number of rotatable bonds is 26. The number of hydrogen-bond acceptors (Lipinski definition) is 13. The molecule has 464 valence electrons. The number of sulfonamides is 2. The molecule has 0 aliphatic carbocycles. The number of fused-ring (bicyclic) bond motifs is 2. The van der Waals surface area contributed by atoms with Crippen LogP contribution in [-0.4, -0.2) is 111 Å². The van der Waals surface area contributed by atoms with Crippen molar-refractivity contribution in [2.45, 2.75) is 81.2 Å². The quantitative estimate of drug-likeness (QED) is 0.0394. The summed E-state index contributed by atoms with van der Waals surface area (Å²) < 4.78 is 95.2. The number of carbonyl (C=O) groups excluding carboxylic acids is 4. The number of amides is 4. The Morgan fingerprint density at radius 2 is 0.773 bits per heavy atom. The average Bonchev–Trinajstić information content (AvgIpc) is 3.63. The molecule has 4 amide bonds. The first-order chi connectivity index (χ1) is 42.1. The number of hydrogen-bond donors (Lipinski definition) is 4. The molecule has 0 saturated heterocycles. The Bertz CT molecular complexity index is 4110. The molecule has 19 nitrogen and oxygen atoms in total. The zero-order valence-electron chi connectivity index (χ0n) is 50.5. The molecule has 0 aliphatic heterocycles. The number of ether oxygens (including phenoxy) is 3. The van der Waals surface area contributed by atoms with Gasteiger partial charge in [-0.3, -0.25) is 19.2 Å². The molecule has 0 spiro atoms. The summed E-state index contributed by atoms with van der Waals surface area (Å²) >= 11 is 0. The summed E-state index contributed by atoms with van der Waals surface area (Å²) in [6.45, 7) is 9.60. The molecular weight excluding hydrogens is 1180 g/mol. The highest BCUT2D eigenvalue weighted by molar-refractivity contribution is 7.90. The van der Waals surface area contributed by atoms with E-state index in [2.05, 4.69) is 21.3 Å². The van der Waals surface area contributed by atoms with Crippen molar-refractivity contribution < 1.29 is 58.6 Å². The van der Waals surface area contributed by atoms with Crippen LogP contribution in [0.4, 0.5) is 11.4 Å². The van der Waals surface area contributed by atoms with Crippen LogP contribution in [0.3, 0.4) is 0 Å². The van der Waals surface area contributed by atoms with Gasteiger partial charge in [-0.05, 0) is 138 Å². The second-order valence-electron chi connectivity index (χ2n) is 20.5. The van der Waals surface area contributed by atoms with Crippen LogP contribution in [0.15, 0.2) is 172 Å². The van der Waals surface area contributed by atoms with Gasteiger partial charge in [-0.2, -0.15) is 8.61 Å². The predicted molar refractivity (Wildman–Crippen MR) is 343 cm³/mol. The van der Waals surface area contributed by atoms with Crippen molar-refractivity contribution in [2.24, 2.45) is 0 Å². The molecule has 0 heterocycles. The molecule has 4 N–H and O–H groups in total. The van der Waals surface area contributed by atoms with E-state index in [0.29, 0.717) is 91.6 Å². The Morgan fingerprint density at radius 1 is 0.420 bits per heavy atom. The number of benzene rings is 8. The van der Waals surface area contributed by atoms with Gasteiger partial charge < -0.3 is 35.5 Å². The van der Waals surface area contributed by atoms with E-state index < -0.39 is 53.5 Å². The van der Waals surface area contributed by atoms with Crippen molar-refractivity contribution in [3.8, 4) is 17.2 Å². The van der Waals surface area contributed by atoms with Gasteiger partial charge in [0.15, 0.2) is 9.84 Å². The second kappa shape index (κ2) is 30.3. The van der Waals surface area contributed by atoms with Gasteiger partial charge in [0.1, 0.15) is 17.2 Å². The topological polar surface area (TPSA) is 253 Å². The molecular formula is C66H74N6O13S3. The van der Waals surface area contributed by atoms with Crippen LogP contribution in [0.2, 0.25) is 0 Å². The van der Waals surface area contributed by atoms with Crippen molar-refractivity contribution >= 4 is 86.4 Å². The summed E-state index contributed by atoms with van der Waals surface area (Å²) in [6, 6.07) is 43.0. The fourth-order valence-electron chi connectivity index (χ4n) is 9.66. The highest BCUT2D eigenvalue weighted by atomic mass is 32.2. The standard InChI is InChI=1S/C34H39N3O7S.C32H35N3O6S2/c1-6-16-37(17-7-2)45(40,41)27-14-12-23(13-15-27)33(38)36-30-19-25-11-9-8-10-24(25)18-28(30)34(39)35-22-29-31(43-4)20-26(42-3)21-32(29)44-5;1-4-18-35(19-5-2)43(40,41)28-16-12-24(13-17-28)31(36)34-30-21-26-9-7-6-8-25(26)20-29(30)32(37)33-22-23-10-14-27(15-11-23)42(3,38)39/h8-15,18-21H,6-7,16-17,22H2,1-5H3,(H,35,39)(H,36,38);6-17,20-21H,4-5,18-19,22H2,1-3H3,(H,33,37)(H,34,36). The summed E-state index contributed by atoms with van der Waals surface area (Å²) in [5.41, 5.74) is 2.91. The molecule has 0 radical (unpaired) electrons. The summed E-state index contributed by atoms with van der Waals surface area (Å²) in [5, 5.41) is 14.7. The van der Waals surface area contributed by atoms with E-state index in [1.54, 1.807) is 48.5 Å². The lowest BCUT2D eigenvalue weighted by molar-refractivity contribution is 0.0942. The molecule has 8 aromatic carbocycles. The Balaban J connectivity index is 0.000000251. The largest absolute Gasteiger partial charge is 0.496 e. The van der Waals surface area contributed by atoms with E-state index in [0.717, 1.165) is 27.8 Å². The zero-order chi connectivity index (χ0) is 63.8. The molecule has 0 saturated carbocycles. The Labute approximate surface area is 515 Å². The molecule has 22 heteroatoms. The smallest absolute Gasteiger partial charge is 0.255 e. The lowest BCUT2D eigenvalue weighted by atomic mass is 10.0. The first kappa shape index (κ1) is 66.8. The van der Waals surface area contributed by atoms with Crippen molar-refractivity contribution in [3.63, 3.8) is 0 Å². The minimum absolute atomic E-state index is 0.0817. The molecule has 0 fully saturated rings. The van der Waals surface area contributed by atoms with E-state index in [-0.39, 0.29) is 50.0 Å². The van der Waals surface area contributed by atoms with Crippen LogP contribution in [0, 0.1) is 0 Å². The van der Waals surface area contributed by atoms with Crippen LogP contribution >= 0.6 is 0 Å². The monoisotopic (exact) mass is 1250 g/mol. The van der Waals surface area contributed by atoms with E-state index in [4.69, 9.17) is 14.2 Å². The first-order valence-electron chi connectivity index (χ1n) is 28.6. The van der Waals surface area contributed by atoms with Crippen molar-refractivity contribution in [3.05, 3.63) is 191 Å². The third-order valence-electron chi connectivity index (χ3n) is 14.2. The van der Waals surface area contributed by atoms with E-state index in [1.165, 1.54) is 90.6 Å². The Morgan fingerprint density at radius 3 is 1.11 bits per heavy atom.